The lowest BCUT2D eigenvalue weighted by molar-refractivity contribution is 0.194. The Labute approximate surface area is 109 Å². The van der Waals surface area contributed by atoms with Crippen LogP contribution < -0.4 is 0 Å². The molecule has 1 unspecified atom stereocenters. The SMILES string of the molecule is Cc1cc(C(C)O)nc2c(C(C)(C)C)cccc12. The van der Waals surface area contributed by atoms with Gasteiger partial charge in [-0.25, -0.2) is 4.98 Å². The van der Waals surface area contributed by atoms with Crippen LogP contribution in [0.4, 0.5) is 0 Å². The number of aliphatic hydroxyl groups excluding tert-OH is 1. The van der Waals surface area contributed by atoms with Gasteiger partial charge in [0.25, 0.3) is 0 Å². The molecule has 0 saturated heterocycles. The number of hydrogen-bond acceptors (Lipinski definition) is 2. The Kier molecular flexibility index (Phi) is 3.16. The lowest BCUT2D eigenvalue weighted by Crippen LogP contribution is -2.13. The zero-order valence-electron chi connectivity index (χ0n) is 11.8. The van der Waals surface area contributed by atoms with Crippen LogP contribution in [0.25, 0.3) is 10.9 Å². The Hall–Kier alpha value is -1.41. The maximum Gasteiger partial charge on any atom is 0.0932 e. The van der Waals surface area contributed by atoms with E-state index < -0.39 is 6.10 Å². The highest BCUT2D eigenvalue weighted by molar-refractivity contribution is 5.86. The summed E-state index contributed by atoms with van der Waals surface area (Å²) < 4.78 is 0. The number of hydrogen-bond donors (Lipinski definition) is 1. The van der Waals surface area contributed by atoms with E-state index in [1.165, 1.54) is 16.5 Å². The van der Waals surface area contributed by atoms with Crippen LogP contribution in [-0.4, -0.2) is 10.1 Å². The standard InChI is InChI=1S/C16H21NO/c1-10-9-14(11(2)18)17-15-12(10)7-6-8-13(15)16(3,4)5/h6-9,11,18H,1-5H3. The van der Waals surface area contributed by atoms with E-state index in [9.17, 15) is 5.11 Å². The molecular weight excluding hydrogens is 222 g/mol. The van der Waals surface area contributed by atoms with Gasteiger partial charge in [0.05, 0.1) is 17.3 Å². The number of rotatable bonds is 1. The second kappa shape index (κ2) is 4.36. The predicted molar refractivity (Wildman–Crippen MR) is 75.8 cm³/mol. The molecule has 2 aromatic rings. The van der Waals surface area contributed by atoms with E-state index in [0.717, 1.165) is 11.2 Å². The Balaban J connectivity index is 2.82. The van der Waals surface area contributed by atoms with E-state index in [0.29, 0.717) is 0 Å². The van der Waals surface area contributed by atoms with Crippen LogP contribution in [0.15, 0.2) is 24.3 Å². The van der Waals surface area contributed by atoms with E-state index in [4.69, 9.17) is 0 Å². The van der Waals surface area contributed by atoms with Crippen molar-refractivity contribution in [1.82, 2.24) is 4.98 Å². The summed E-state index contributed by atoms with van der Waals surface area (Å²) in [7, 11) is 0. The molecule has 0 aliphatic heterocycles. The van der Waals surface area contributed by atoms with Gasteiger partial charge in [-0.1, -0.05) is 39.0 Å². The summed E-state index contributed by atoms with van der Waals surface area (Å²) in [4.78, 5) is 4.65. The summed E-state index contributed by atoms with van der Waals surface area (Å²) in [5.74, 6) is 0. The Morgan fingerprint density at radius 3 is 2.44 bits per heavy atom. The zero-order chi connectivity index (χ0) is 13.5. The Morgan fingerprint density at radius 2 is 1.89 bits per heavy atom. The van der Waals surface area contributed by atoms with Crippen LogP contribution in [0.2, 0.25) is 0 Å². The fourth-order valence-electron chi connectivity index (χ4n) is 2.26. The van der Waals surface area contributed by atoms with Crippen molar-refractivity contribution < 1.29 is 5.11 Å². The topological polar surface area (TPSA) is 33.1 Å². The van der Waals surface area contributed by atoms with Crippen molar-refractivity contribution in [3.8, 4) is 0 Å². The maximum absolute atomic E-state index is 9.74. The molecule has 2 nitrogen and oxygen atoms in total. The van der Waals surface area contributed by atoms with E-state index in [-0.39, 0.29) is 5.41 Å². The first-order valence-corrected chi connectivity index (χ1v) is 6.39. The zero-order valence-corrected chi connectivity index (χ0v) is 11.8. The number of nitrogens with zero attached hydrogens (tertiary/aromatic N) is 1. The summed E-state index contributed by atoms with van der Waals surface area (Å²) >= 11 is 0. The minimum absolute atomic E-state index is 0.0519. The minimum Gasteiger partial charge on any atom is -0.387 e. The van der Waals surface area contributed by atoms with E-state index in [1.807, 2.05) is 6.07 Å². The average molecular weight is 243 g/mol. The smallest absolute Gasteiger partial charge is 0.0932 e. The molecule has 1 aromatic heterocycles. The van der Waals surface area contributed by atoms with Crippen molar-refractivity contribution in [2.24, 2.45) is 0 Å². The summed E-state index contributed by atoms with van der Waals surface area (Å²) in [5, 5.41) is 10.9. The third kappa shape index (κ3) is 2.25. The summed E-state index contributed by atoms with van der Waals surface area (Å²) in [5.41, 5.74) is 4.21. The molecule has 1 atom stereocenters. The highest BCUT2D eigenvalue weighted by atomic mass is 16.3. The second-order valence-electron chi connectivity index (χ2n) is 5.99. The van der Waals surface area contributed by atoms with Gasteiger partial charge in [0.15, 0.2) is 0 Å². The molecule has 0 radical (unpaired) electrons. The summed E-state index contributed by atoms with van der Waals surface area (Å²) in [6, 6.07) is 8.28. The third-order valence-electron chi connectivity index (χ3n) is 3.30. The highest BCUT2D eigenvalue weighted by Gasteiger charge is 2.19. The first-order valence-electron chi connectivity index (χ1n) is 6.39. The molecule has 0 bridgehead atoms. The quantitative estimate of drug-likeness (QED) is 0.824. The molecule has 0 aliphatic rings. The van der Waals surface area contributed by atoms with Crippen LogP contribution in [0, 0.1) is 6.92 Å². The molecule has 18 heavy (non-hydrogen) atoms. The van der Waals surface area contributed by atoms with Gasteiger partial charge in [0.1, 0.15) is 0 Å². The van der Waals surface area contributed by atoms with Crippen LogP contribution in [-0.2, 0) is 5.41 Å². The molecule has 1 N–H and O–H groups in total. The van der Waals surface area contributed by atoms with Gasteiger partial charge in [0.2, 0.25) is 0 Å². The number of pyridine rings is 1. The first kappa shape index (κ1) is 13.0. The number of para-hydroxylation sites is 1. The minimum atomic E-state index is -0.527. The van der Waals surface area contributed by atoms with Crippen LogP contribution >= 0.6 is 0 Å². The van der Waals surface area contributed by atoms with Gasteiger partial charge in [-0.05, 0) is 36.5 Å². The van der Waals surface area contributed by atoms with E-state index in [2.05, 4.69) is 50.9 Å². The number of aryl methyl sites for hydroxylation is 1. The number of aliphatic hydroxyl groups is 1. The van der Waals surface area contributed by atoms with Gasteiger partial charge in [-0.2, -0.15) is 0 Å². The van der Waals surface area contributed by atoms with Gasteiger partial charge >= 0.3 is 0 Å². The van der Waals surface area contributed by atoms with Gasteiger partial charge in [-0.3, -0.25) is 0 Å². The molecule has 2 rings (SSSR count). The monoisotopic (exact) mass is 243 g/mol. The lowest BCUT2D eigenvalue weighted by Gasteiger charge is -2.22. The highest BCUT2D eigenvalue weighted by Crippen LogP contribution is 2.31. The molecule has 0 saturated carbocycles. The van der Waals surface area contributed by atoms with E-state index in [1.54, 1.807) is 6.92 Å². The molecule has 0 amide bonds. The lowest BCUT2D eigenvalue weighted by atomic mass is 9.85. The maximum atomic E-state index is 9.74. The molecular formula is C16H21NO. The van der Waals surface area contributed by atoms with E-state index >= 15 is 0 Å². The van der Waals surface area contributed by atoms with Gasteiger partial charge in [-0.15, -0.1) is 0 Å². The van der Waals surface area contributed by atoms with Crippen molar-refractivity contribution in [3.63, 3.8) is 0 Å². The molecule has 0 aliphatic carbocycles. The average Bonchev–Trinajstić information content (AvgIpc) is 2.26. The Bertz CT molecular complexity index is 579. The molecule has 96 valence electrons. The number of fused-ring (bicyclic) bond motifs is 1. The molecule has 0 fully saturated rings. The second-order valence-corrected chi connectivity index (χ2v) is 5.99. The largest absolute Gasteiger partial charge is 0.387 e. The van der Waals surface area contributed by atoms with Crippen molar-refractivity contribution in [3.05, 3.63) is 41.1 Å². The number of aromatic nitrogens is 1. The first-order chi connectivity index (χ1) is 8.30. The Morgan fingerprint density at radius 1 is 1.22 bits per heavy atom. The molecule has 0 spiro atoms. The van der Waals surface area contributed by atoms with Crippen molar-refractivity contribution >= 4 is 10.9 Å². The third-order valence-corrected chi connectivity index (χ3v) is 3.30. The fourth-order valence-corrected chi connectivity index (χ4v) is 2.26. The molecule has 1 heterocycles. The van der Waals surface area contributed by atoms with Gasteiger partial charge < -0.3 is 5.11 Å². The van der Waals surface area contributed by atoms with Crippen molar-refractivity contribution in [1.29, 1.82) is 0 Å². The van der Waals surface area contributed by atoms with Crippen LogP contribution in [0.3, 0.4) is 0 Å². The van der Waals surface area contributed by atoms with Gasteiger partial charge in [0, 0.05) is 5.39 Å². The fraction of sp³-hybridized carbons (Fsp3) is 0.438. The van der Waals surface area contributed by atoms with Crippen molar-refractivity contribution in [2.45, 2.75) is 46.1 Å². The van der Waals surface area contributed by atoms with Crippen LogP contribution in [0.5, 0.6) is 0 Å². The normalized spacial score (nSPS) is 13.9. The van der Waals surface area contributed by atoms with Crippen molar-refractivity contribution in [2.75, 3.05) is 0 Å². The number of benzene rings is 1. The predicted octanol–water partition coefficient (Wildman–Crippen LogP) is 3.89. The molecule has 2 heteroatoms. The summed E-state index contributed by atoms with van der Waals surface area (Å²) in [6.07, 6.45) is -0.527. The molecule has 1 aromatic carbocycles. The summed E-state index contributed by atoms with van der Waals surface area (Å²) in [6.45, 7) is 10.4. The van der Waals surface area contributed by atoms with Crippen LogP contribution in [0.1, 0.15) is 50.6 Å².